The van der Waals surface area contributed by atoms with E-state index in [1.54, 1.807) is 0 Å². The van der Waals surface area contributed by atoms with Gasteiger partial charge in [0.05, 0.1) is 21.6 Å². The molecule has 3 amide bonds. The van der Waals surface area contributed by atoms with Gasteiger partial charge in [-0.15, -0.1) is 11.3 Å². The van der Waals surface area contributed by atoms with Crippen molar-refractivity contribution in [3.05, 3.63) is 29.3 Å². The van der Waals surface area contributed by atoms with Crippen LogP contribution in [0.1, 0.15) is 18.4 Å². The van der Waals surface area contributed by atoms with Crippen molar-refractivity contribution in [1.82, 2.24) is 15.6 Å². The second-order valence-corrected chi connectivity index (χ2v) is 5.89. The van der Waals surface area contributed by atoms with Crippen molar-refractivity contribution < 1.29 is 19.1 Å². The van der Waals surface area contributed by atoms with E-state index in [2.05, 4.69) is 10.3 Å². The number of carbonyl (C=O) groups is 3. The number of benzene rings is 1. The number of ether oxygens (including phenoxy) is 1. The monoisotopic (exact) mass is 335 g/mol. The maximum absolute atomic E-state index is 11.8. The van der Waals surface area contributed by atoms with Crippen molar-refractivity contribution in [2.24, 2.45) is 0 Å². The van der Waals surface area contributed by atoms with Gasteiger partial charge >= 0.3 is 12.0 Å². The van der Waals surface area contributed by atoms with Crippen molar-refractivity contribution >= 4 is 39.5 Å². The predicted molar refractivity (Wildman–Crippen MR) is 86.1 cm³/mol. The molecule has 0 aliphatic rings. The third-order valence-electron chi connectivity index (χ3n) is 3.02. The third-order valence-corrected chi connectivity index (χ3v) is 4.12. The number of hydrogen-bond donors (Lipinski definition) is 2. The Morgan fingerprint density at radius 3 is 2.74 bits per heavy atom. The Labute approximate surface area is 137 Å². The SMILES string of the molecule is CNC(=O)NC(=O)[C@H](C)OC(=O)CCc1nc2ccccc2s1. The topological polar surface area (TPSA) is 97.4 Å². The molecule has 0 fully saturated rings. The molecule has 0 aliphatic heterocycles. The van der Waals surface area contributed by atoms with Crippen LogP contribution in [0.15, 0.2) is 24.3 Å². The molecule has 1 atom stereocenters. The number of esters is 1. The summed E-state index contributed by atoms with van der Waals surface area (Å²) in [4.78, 5) is 38.8. The molecule has 0 spiro atoms. The Bertz CT molecular complexity index is 695. The van der Waals surface area contributed by atoms with Crippen molar-refractivity contribution in [2.45, 2.75) is 25.9 Å². The van der Waals surface area contributed by atoms with Gasteiger partial charge in [0.15, 0.2) is 6.10 Å². The number of fused-ring (bicyclic) bond motifs is 1. The second kappa shape index (κ2) is 7.68. The molecule has 0 saturated heterocycles. The van der Waals surface area contributed by atoms with E-state index in [9.17, 15) is 14.4 Å². The molecule has 7 nitrogen and oxygen atoms in total. The lowest BCUT2D eigenvalue weighted by molar-refractivity contribution is -0.154. The molecule has 2 aromatic rings. The van der Waals surface area contributed by atoms with Crippen LogP contribution >= 0.6 is 11.3 Å². The maximum atomic E-state index is 11.8. The average Bonchev–Trinajstić information content (AvgIpc) is 2.95. The molecule has 23 heavy (non-hydrogen) atoms. The minimum absolute atomic E-state index is 0.122. The highest BCUT2D eigenvalue weighted by molar-refractivity contribution is 7.18. The molecule has 0 bridgehead atoms. The highest BCUT2D eigenvalue weighted by Crippen LogP contribution is 2.22. The smallest absolute Gasteiger partial charge is 0.321 e. The van der Waals surface area contributed by atoms with Crippen molar-refractivity contribution in [2.75, 3.05) is 7.05 Å². The molecule has 0 saturated carbocycles. The van der Waals surface area contributed by atoms with Gasteiger partial charge in [0.1, 0.15) is 0 Å². The summed E-state index contributed by atoms with van der Waals surface area (Å²) in [5.41, 5.74) is 0.902. The molecule has 122 valence electrons. The van der Waals surface area contributed by atoms with E-state index in [4.69, 9.17) is 4.74 Å². The quantitative estimate of drug-likeness (QED) is 0.809. The average molecular weight is 335 g/mol. The number of para-hydroxylation sites is 1. The number of thiazole rings is 1. The Morgan fingerprint density at radius 2 is 2.04 bits per heavy atom. The Kier molecular flexibility index (Phi) is 5.64. The van der Waals surface area contributed by atoms with Gasteiger partial charge in [-0.1, -0.05) is 12.1 Å². The van der Waals surface area contributed by atoms with Gasteiger partial charge < -0.3 is 10.1 Å². The fraction of sp³-hybridized carbons (Fsp3) is 0.333. The number of nitrogens with zero attached hydrogens (tertiary/aromatic N) is 1. The zero-order valence-electron chi connectivity index (χ0n) is 12.8. The lowest BCUT2D eigenvalue weighted by Crippen LogP contribution is -2.43. The van der Waals surface area contributed by atoms with Crippen LogP contribution in [0.25, 0.3) is 10.2 Å². The largest absolute Gasteiger partial charge is 0.453 e. The summed E-state index contributed by atoms with van der Waals surface area (Å²) in [6.45, 7) is 1.41. The molecule has 0 aliphatic carbocycles. The lowest BCUT2D eigenvalue weighted by Gasteiger charge is -2.12. The van der Waals surface area contributed by atoms with Gasteiger partial charge in [-0.25, -0.2) is 9.78 Å². The fourth-order valence-corrected chi connectivity index (χ4v) is 2.79. The third kappa shape index (κ3) is 4.75. The minimum atomic E-state index is -1.03. The number of urea groups is 1. The van der Waals surface area contributed by atoms with E-state index in [-0.39, 0.29) is 6.42 Å². The van der Waals surface area contributed by atoms with Crippen LogP contribution in [-0.2, 0) is 20.7 Å². The summed E-state index contributed by atoms with van der Waals surface area (Å²) >= 11 is 1.52. The standard InChI is InChI=1S/C15H17N3O4S/c1-9(14(20)18-15(21)16-2)22-13(19)8-7-12-17-10-5-3-4-6-11(10)23-12/h3-6,9H,7-8H2,1-2H3,(H2,16,18,20,21)/t9-/m0/s1. The lowest BCUT2D eigenvalue weighted by atomic mass is 10.3. The highest BCUT2D eigenvalue weighted by atomic mass is 32.1. The molecule has 1 aromatic carbocycles. The number of aryl methyl sites for hydroxylation is 1. The predicted octanol–water partition coefficient (Wildman–Crippen LogP) is 1.62. The number of rotatable bonds is 5. The number of imide groups is 1. The summed E-state index contributed by atoms with van der Waals surface area (Å²) in [6.07, 6.45) is -0.463. The molecule has 0 radical (unpaired) electrons. The van der Waals surface area contributed by atoms with Crippen LogP contribution in [-0.4, -0.2) is 36.0 Å². The highest BCUT2D eigenvalue weighted by Gasteiger charge is 2.19. The zero-order chi connectivity index (χ0) is 16.8. The first-order valence-corrected chi connectivity index (χ1v) is 7.87. The zero-order valence-corrected chi connectivity index (χ0v) is 13.6. The number of hydrogen-bond acceptors (Lipinski definition) is 6. The Morgan fingerprint density at radius 1 is 1.30 bits per heavy atom. The van der Waals surface area contributed by atoms with Crippen LogP contribution in [0.2, 0.25) is 0 Å². The summed E-state index contributed by atoms with van der Waals surface area (Å²) in [5, 5.41) is 5.13. The first kappa shape index (κ1) is 16.9. The molecule has 1 aromatic heterocycles. The molecule has 0 unspecified atom stereocenters. The molecule has 2 N–H and O–H groups in total. The van der Waals surface area contributed by atoms with Crippen molar-refractivity contribution in [3.63, 3.8) is 0 Å². The molecule has 2 rings (SSSR count). The number of amides is 3. The van der Waals surface area contributed by atoms with Crippen LogP contribution in [0.4, 0.5) is 4.79 Å². The van der Waals surface area contributed by atoms with E-state index in [1.807, 2.05) is 29.6 Å². The number of aromatic nitrogens is 1. The van der Waals surface area contributed by atoms with Crippen molar-refractivity contribution in [3.8, 4) is 0 Å². The first-order valence-electron chi connectivity index (χ1n) is 7.06. The number of carbonyl (C=O) groups excluding carboxylic acids is 3. The van der Waals surface area contributed by atoms with Crippen LogP contribution in [0, 0.1) is 0 Å². The minimum Gasteiger partial charge on any atom is -0.453 e. The van der Waals surface area contributed by atoms with Gasteiger partial charge in [-0.2, -0.15) is 0 Å². The molecular weight excluding hydrogens is 318 g/mol. The van der Waals surface area contributed by atoms with Gasteiger partial charge in [0, 0.05) is 13.5 Å². The van der Waals surface area contributed by atoms with Crippen LogP contribution in [0.3, 0.4) is 0 Å². The van der Waals surface area contributed by atoms with E-state index in [0.717, 1.165) is 15.2 Å². The van der Waals surface area contributed by atoms with Crippen LogP contribution < -0.4 is 10.6 Å². The van der Waals surface area contributed by atoms with E-state index < -0.39 is 24.0 Å². The Hall–Kier alpha value is -2.48. The molecular formula is C15H17N3O4S. The van der Waals surface area contributed by atoms with Gasteiger partial charge in [-0.05, 0) is 19.1 Å². The normalized spacial score (nSPS) is 11.7. The van der Waals surface area contributed by atoms with Crippen molar-refractivity contribution in [1.29, 1.82) is 0 Å². The maximum Gasteiger partial charge on any atom is 0.321 e. The summed E-state index contributed by atoms with van der Waals surface area (Å²) in [7, 11) is 1.39. The van der Waals surface area contributed by atoms with Gasteiger partial charge in [-0.3, -0.25) is 14.9 Å². The second-order valence-electron chi connectivity index (χ2n) is 4.78. The van der Waals surface area contributed by atoms with Crippen LogP contribution in [0.5, 0.6) is 0 Å². The summed E-state index contributed by atoms with van der Waals surface area (Å²) in [5.74, 6) is -1.18. The fourth-order valence-electron chi connectivity index (χ4n) is 1.82. The Balaban J connectivity index is 1.82. The molecule has 1 heterocycles. The number of nitrogens with one attached hydrogen (secondary N) is 2. The van der Waals surface area contributed by atoms with Gasteiger partial charge in [0.25, 0.3) is 5.91 Å². The van der Waals surface area contributed by atoms with E-state index >= 15 is 0 Å². The molecule has 8 heteroatoms. The first-order chi connectivity index (χ1) is 11.0. The van der Waals surface area contributed by atoms with E-state index in [0.29, 0.717) is 6.42 Å². The van der Waals surface area contributed by atoms with Gasteiger partial charge in [0.2, 0.25) is 0 Å². The summed E-state index contributed by atoms with van der Waals surface area (Å²) in [6, 6.07) is 7.09. The van der Waals surface area contributed by atoms with E-state index in [1.165, 1.54) is 25.3 Å². The summed E-state index contributed by atoms with van der Waals surface area (Å²) < 4.78 is 6.06.